The van der Waals surface area contributed by atoms with E-state index in [4.69, 9.17) is 0 Å². The van der Waals surface area contributed by atoms with Crippen molar-refractivity contribution in [3.05, 3.63) is 69.3 Å². The first-order chi connectivity index (χ1) is 14.2. The average molecular weight is 411 g/mol. The maximum atomic E-state index is 14.1. The Balaban J connectivity index is 1.51. The number of aromatic amines is 1. The third-order valence-electron chi connectivity index (χ3n) is 6.63. The third kappa shape index (κ3) is 2.79. The summed E-state index contributed by atoms with van der Waals surface area (Å²) in [6.45, 7) is 3.80. The summed E-state index contributed by atoms with van der Waals surface area (Å²) in [7, 11) is 0. The molecule has 30 heavy (non-hydrogen) atoms. The van der Waals surface area contributed by atoms with Gasteiger partial charge in [0.2, 0.25) is 0 Å². The van der Waals surface area contributed by atoms with Gasteiger partial charge in [0.15, 0.2) is 0 Å². The maximum Gasteiger partial charge on any atom is 0.273 e. The molecule has 2 N–H and O–H groups in total. The lowest BCUT2D eigenvalue weighted by atomic mass is 9.97. The van der Waals surface area contributed by atoms with Gasteiger partial charge in [-0.2, -0.15) is 0 Å². The summed E-state index contributed by atoms with van der Waals surface area (Å²) in [5.74, 6) is -3.16. The number of nitrogens with one attached hydrogen (secondary N) is 2. The van der Waals surface area contributed by atoms with E-state index in [0.717, 1.165) is 12.8 Å². The first kappa shape index (κ1) is 19.0. The molecule has 1 saturated carbocycles. The van der Waals surface area contributed by atoms with Gasteiger partial charge in [0.25, 0.3) is 17.4 Å². The zero-order chi connectivity index (χ0) is 21.3. The van der Waals surface area contributed by atoms with Crippen LogP contribution in [-0.4, -0.2) is 15.5 Å². The van der Waals surface area contributed by atoms with E-state index >= 15 is 0 Å². The van der Waals surface area contributed by atoms with E-state index in [1.54, 1.807) is 42.1 Å². The minimum absolute atomic E-state index is 0.0584. The highest BCUT2D eigenvalue weighted by atomic mass is 19.3. The molecule has 156 valence electrons. The second-order valence-corrected chi connectivity index (χ2v) is 8.75. The van der Waals surface area contributed by atoms with E-state index in [9.17, 15) is 18.4 Å². The van der Waals surface area contributed by atoms with E-state index in [0.29, 0.717) is 34.0 Å². The van der Waals surface area contributed by atoms with Crippen LogP contribution in [0, 0.1) is 0 Å². The lowest BCUT2D eigenvalue weighted by molar-refractivity contribution is -0.00185. The molecule has 1 aromatic carbocycles. The van der Waals surface area contributed by atoms with Gasteiger partial charge in [0, 0.05) is 29.9 Å². The number of carbonyl (C=O) groups is 1. The monoisotopic (exact) mass is 411 g/mol. The van der Waals surface area contributed by atoms with Crippen LogP contribution >= 0.6 is 0 Å². The average Bonchev–Trinajstić information content (AvgIpc) is 3.13. The molecule has 0 bridgehead atoms. The van der Waals surface area contributed by atoms with Crippen molar-refractivity contribution in [2.24, 2.45) is 0 Å². The van der Waals surface area contributed by atoms with E-state index in [-0.39, 0.29) is 29.0 Å². The third-order valence-corrected chi connectivity index (χ3v) is 6.63. The lowest BCUT2D eigenvalue weighted by Gasteiger charge is -2.20. The molecule has 1 fully saturated rings. The highest BCUT2D eigenvalue weighted by molar-refractivity contribution is 6.05. The van der Waals surface area contributed by atoms with E-state index in [2.05, 4.69) is 10.3 Å². The van der Waals surface area contributed by atoms with Crippen molar-refractivity contribution in [1.82, 2.24) is 14.9 Å². The van der Waals surface area contributed by atoms with Crippen LogP contribution in [0.3, 0.4) is 0 Å². The normalized spacial score (nSPS) is 19.5. The first-order valence-corrected chi connectivity index (χ1v) is 10.3. The second kappa shape index (κ2) is 6.27. The Morgan fingerprint density at radius 2 is 2.00 bits per heavy atom. The number of hydrogen-bond donors (Lipinski definition) is 2. The van der Waals surface area contributed by atoms with E-state index in [1.807, 2.05) is 6.92 Å². The molecule has 0 radical (unpaired) electrons. The molecule has 2 aliphatic rings. The molecule has 0 unspecified atom stereocenters. The van der Waals surface area contributed by atoms with Crippen molar-refractivity contribution in [3.8, 4) is 0 Å². The predicted molar refractivity (Wildman–Crippen MR) is 110 cm³/mol. The van der Waals surface area contributed by atoms with Gasteiger partial charge in [-0.1, -0.05) is 18.2 Å². The van der Waals surface area contributed by atoms with Gasteiger partial charge in [0.1, 0.15) is 0 Å². The molecule has 2 aliphatic carbocycles. The Morgan fingerprint density at radius 3 is 2.73 bits per heavy atom. The molecule has 5 rings (SSSR count). The molecular formula is C23H23F2N3O2. The molecule has 2 aromatic heterocycles. The summed E-state index contributed by atoms with van der Waals surface area (Å²) in [5.41, 5.74) is 1.90. The number of hydrogen-bond acceptors (Lipinski definition) is 2. The van der Waals surface area contributed by atoms with E-state index < -0.39 is 12.0 Å². The number of nitrogens with zero attached hydrogens (tertiary/aromatic N) is 1. The lowest BCUT2D eigenvalue weighted by Crippen LogP contribution is -2.32. The molecule has 0 spiro atoms. The Morgan fingerprint density at radius 1 is 1.23 bits per heavy atom. The summed E-state index contributed by atoms with van der Waals surface area (Å²) in [6.07, 6.45) is 5.16. The summed E-state index contributed by atoms with van der Waals surface area (Å²) >= 11 is 0. The second-order valence-electron chi connectivity index (χ2n) is 8.75. The fraction of sp³-hybridized carbons (Fsp3) is 0.391. The van der Waals surface area contributed by atoms with Crippen LogP contribution in [0.2, 0.25) is 0 Å². The number of alkyl halides is 2. The molecule has 2 heterocycles. The van der Waals surface area contributed by atoms with Crippen LogP contribution in [0.4, 0.5) is 8.78 Å². The summed E-state index contributed by atoms with van der Waals surface area (Å²) in [6, 6.07) is 6.12. The molecular weight excluding hydrogens is 388 g/mol. The van der Waals surface area contributed by atoms with Crippen molar-refractivity contribution in [2.75, 3.05) is 0 Å². The fourth-order valence-corrected chi connectivity index (χ4v) is 4.55. The molecule has 1 amide bonds. The minimum atomic E-state index is -2.82. The molecule has 1 atom stereocenters. The quantitative estimate of drug-likeness (QED) is 0.670. The van der Waals surface area contributed by atoms with Crippen LogP contribution in [0.15, 0.2) is 41.5 Å². The number of benzene rings is 1. The predicted octanol–water partition coefficient (Wildman–Crippen LogP) is 4.37. The van der Waals surface area contributed by atoms with Crippen molar-refractivity contribution in [3.63, 3.8) is 0 Å². The number of H-pyrrole nitrogens is 1. The number of carbonyl (C=O) groups excluding carboxylic acids is 1. The smallest absolute Gasteiger partial charge is 0.273 e. The molecule has 5 nitrogen and oxygen atoms in total. The highest BCUT2D eigenvalue weighted by Crippen LogP contribution is 2.44. The molecule has 0 saturated heterocycles. The van der Waals surface area contributed by atoms with Crippen LogP contribution in [-0.2, 0) is 17.9 Å². The van der Waals surface area contributed by atoms with Crippen molar-refractivity contribution in [1.29, 1.82) is 0 Å². The zero-order valence-corrected chi connectivity index (χ0v) is 16.9. The maximum absolute atomic E-state index is 14.1. The molecule has 7 heteroatoms. The number of amides is 1. The number of aromatic nitrogens is 2. The van der Waals surface area contributed by atoms with Gasteiger partial charge in [0.05, 0.1) is 22.5 Å². The zero-order valence-electron chi connectivity index (χ0n) is 16.9. The Bertz CT molecular complexity index is 1240. The summed E-state index contributed by atoms with van der Waals surface area (Å²) < 4.78 is 29.9. The van der Waals surface area contributed by atoms with Crippen molar-refractivity contribution < 1.29 is 13.6 Å². The van der Waals surface area contributed by atoms with Crippen molar-refractivity contribution >= 4 is 16.8 Å². The Kier molecular flexibility index (Phi) is 3.98. The van der Waals surface area contributed by atoms with Gasteiger partial charge in [-0.15, -0.1) is 0 Å². The van der Waals surface area contributed by atoms with Crippen LogP contribution in [0.5, 0.6) is 0 Å². The molecule has 3 aromatic rings. The highest BCUT2D eigenvalue weighted by Gasteiger charge is 2.42. The van der Waals surface area contributed by atoms with Gasteiger partial charge in [-0.25, -0.2) is 8.78 Å². The van der Waals surface area contributed by atoms with Crippen LogP contribution in [0.25, 0.3) is 10.9 Å². The topological polar surface area (TPSA) is 66.9 Å². The van der Waals surface area contributed by atoms with Gasteiger partial charge >= 0.3 is 0 Å². The minimum Gasteiger partial charge on any atom is -0.360 e. The van der Waals surface area contributed by atoms with Crippen LogP contribution < -0.4 is 10.9 Å². The van der Waals surface area contributed by atoms with Gasteiger partial charge in [-0.3, -0.25) is 9.59 Å². The number of rotatable bonds is 4. The summed E-state index contributed by atoms with van der Waals surface area (Å²) in [4.78, 5) is 29.0. The number of pyridine rings is 1. The largest absolute Gasteiger partial charge is 0.360 e. The molecule has 0 aliphatic heterocycles. The summed E-state index contributed by atoms with van der Waals surface area (Å²) in [5, 5.41) is 3.43. The van der Waals surface area contributed by atoms with Gasteiger partial charge in [-0.05, 0) is 50.3 Å². The van der Waals surface area contributed by atoms with Crippen molar-refractivity contribution in [2.45, 2.75) is 57.0 Å². The van der Waals surface area contributed by atoms with E-state index in [1.165, 1.54) is 6.07 Å². The number of fused-ring (bicyclic) bond motifs is 2. The fourth-order valence-electron chi connectivity index (χ4n) is 4.55. The van der Waals surface area contributed by atoms with Crippen LogP contribution in [0.1, 0.15) is 66.2 Å². The standard InChI is InChI=1S/C23H23F2N3O2/c1-13(14-4-3-5-18-15(14)6-8-23(18,24)25)27-20(29)17-12-28(22(2)9-10-22)21(30)16-7-11-26-19(16)17/h3-5,7,11-13,26H,6,8-10H2,1-2H3,(H,27,29)/t13-/m1/s1. The SMILES string of the molecule is C[C@@H](NC(=O)c1cn(C2(C)CC2)c(=O)c2cc[nH]c12)c1cccc2c1CCC2(F)F. The number of halogens is 2. The Labute approximate surface area is 172 Å². The first-order valence-electron chi connectivity index (χ1n) is 10.3. The Hall–Kier alpha value is -2.96. The van der Waals surface area contributed by atoms with Gasteiger partial charge < -0.3 is 14.9 Å².